The molecule has 1 aliphatic rings. The lowest BCUT2D eigenvalue weighted by molar-refractivity contribution is -0.132. The van der Waals surface area contributed by atoms with Crippen molar-refractivity contribution in [1.82, 2.24) is 14.3 Å². The van der Waals surface area contributed by atoms with Crippen LogP contribution < -0.4 is 0 Å². The molecule has 3 heterocycles. The number of hydrogen-bond donors (Lipinski definition) is 0. The molecule has 28 heavy (non-hydrogen) atoms. The van der Waals surface area contributed by atoms with E-state index in [1.54, 1.807) is 6.07 Å². The standard InChI is InChI=1S/C23H26FN3O/c1-16-9-11-26(12-10-16)23(28)14-20(18-6-4-7-19(24)13-18)21-15-25-22-8-3-5-17(2)27(21)22/h3-8,13,15-16,20H,9-12,14H2,1-2H3. The highest BCUT2D eigenvalue weighted by molar-refractivity contribution is 5.78. The summed E-state index contributed by atoms with van der Waals surface area (Å²) < 4.78 is 16.1. The van der Waals surface area contributed by atoms with Gasteiger partial charge in [-0.2, -0.15) is 0 Å². The molecule has 4 nitrogen and oxygen atoms in total. The Labute approximate surface area is 165 Å². The van der Waals surface area contributed by atoms with Crippen LogP contribution in [-0.4, -0.2) is 33.3 Å². The third-order valence-corrected chi connectivity index (χ3v) is 5.87. The second-order valence-corrected chi connectivity index (χ2v) is 7.92. The molecule has 1 saturated heterocycles. The maximum absolute atomic E-state index is 14.0. The SMILES string of the molecule is Cc1cccc2ncc(C(CC(=O)N3CCC(C)CC3)c3cccc(F)c3)n12. The highest BCUT2D eigenvalue weighted by Crippen LogP contribution is 2.31. The zero-order valence-electron chi connectivity index (χ0n) is 16.4. The number of rotatable bonds is 4. The first-order valence-electron chi connectivity index (χ1n) is 9.99. The van der Waals surface area contributed by atoms with Gasteiger partial charge in [0.2, 0.25) is 5.91 Å². The summed E-state index contributed by atoms with van der Waals surface area (Å²) >= 11 is 0. The second-order valence-electron chi connectivity index (χ2n) is 7.92. The van der Waals surface area contributed by atoms with Gasteiger partial charge in [0.1, 0.15) is 11.5 Å². The van der Waals surface area contributed by atoms with Crippen molar-refractivity contribution in [2.75, 3.05) is 13.1 Å². The number of amides is 1. The third-order valence-electron chi connectivity index (χ3n) is 5.87. The lowest BCUT2D eigenvalue weighted by Gasteiger charge is -2.31. The van der Waals surface area contributed by atoms with Gasteiger partial charge < -0.3 is 9.30 Å². The summed E-state index contributed by atoms with van der Waals surface area (Å²) in [7, 11) is 0. The molecule has 0 aliphatic carbocycles. The van der Waals surface area contributed by atoms with E-state index in [9.17, 15) is 9.18 Å². The summed E-state index contributed by atoms with van der Waals surface area (Å²) in [6.07, 6.45) is 4.24. The summed E-state index contributed by atoms with van der Waals surface area (Å²) in [6.45, 7) is 5.87. The molecule has 146 valence electrons. The fourth-order valence-corrected chi connectivity index (χ4v) is 4.15. The normalized spacial score (nSPS) is 16.5. The number of imidazole rings is 1. The van der Waals surface area contributed by atoms with Crippen molar-refractivity contribution in [1.29, 1.82) is 0 Å². The molecule has 1 unspecified atom stereocenters. The van der Waals surface area contributed by atoms with Crippen molar-refractivity contribution < 1.29 is 9.18 Å². The Balaban J connectivity index is 1.71. The van der Waals surface area contributed by atoms with Crippen LogP contribution in [0.4, 0.5) is 4.39 Å². The average molecular weight is 379 g/mol. The van der Waals surface area contributed by atoms with Crippen LogP contribution >= 0.6 is 0 Å². The van der Waals surface area contributed by atoms with Gasteiger partial charge in [-0.05, 0) is 55.5 Å². The van der Waals surface area contributed by atoms with Crippen molar-refractivity contribution >= 4 is 11.6 Å². The molecule has 1 amide bonds. The minimum atomic E-state index is -0.285. The molecule has 0 spiro atoms. The molecular formula is C23H26FN3O. The van der Waals surface area contributed by atoms with Gasteiger partial charge in [-0.3, -0.25) is 4.79 Å². The smallest absolute Gasteiger partial charge is 0.223 e. The molecule has 0 bridgehead atoms. The van der Waals surface area contributed by atoms with E-state index in [1.165, 1.54) is 12.1 Å². The molecule has 1 aliphatic heterocycles. The molecule has 2 aromatic heterocycles. The fraction of sp³-hybridized carbons (Fsp3) is 0.391. The van der Waals surface area contributed by atoms with Gasteiger partial charge in [-0.1, -0.05) is 25.1 Å². The monoisotopic (exact) mass is 379 g/mol. The van der Waals surface area contributed by atoms with Gasteiger partial charge in [0.05, 0.1) is 5.69 Å². The Morgan fingerprint density at radius 3 is 2.71 bits per heavy atom. The van der Waals surface area contributed by atoms with E-state index in [2.05, 4.69) is 16.3 Å². The third kappa shape index (κ3) is 3.66. The minimum absolute atomic E-state index is 0.129. The number of carbonyl (C=O) groups excluding carboxylic acids is 1. The van der Waals surface area contributed by atoms with E-state index in [4.69, 9.17) is 0 Å². The number of halogens is 1. The molecule has 3 aromatic rings. The van der Waals surface area contributed by atoms with Crippen molar-refractivity contribution in [3.63, 3.8) is 0 Å². The predicted octanol–water partition coefficient (Wildman–Crippen LogP) is 4.56. The zero-order valence-corrected chi connectivity index (χ0v) is 16.4. The van der Waals surface area contributed by atoms with Crippen molar-refractivity contribution in [3.05, 3.63) is 71.4 Å². The van der Waals surface area contributed by atoms with Gasteiger partial charge in [0.25, 0.3) is 0 Å². The maximum atomic E-state index is 14.0. The molecular weight excluding hydrogens is 353 g/mol. The average Bonchev–Trinajstić information content (AvgIpc) is 3.12. The summed E-state index contributed by atoms with van der Waals surface area (Å²) in [5.41, 5.74) is 3.63. The first kappa shape index (κ1) is 18.7. The Hall–Kier alpha value is -2.69. The highest BCUT2D eigenvalue weighted by atomic mass is 19.1. The van der Waals surface area contributed by atoms with Crippen molar-refractivity contribution in [2.45, 2.75) is 39.0 Å². The molecule has 5 heteroatoms. The fourth-order valence-electron chi connectivity index (χ4n) is 4.15. The van der Waals surface area contributed by atoms with Gasteiger partial charge in [0, 0.05) is 37.3 Å². The van der Waals surface area contributed by atoms with Crippen LogP contribution in [0.15, 0.2) is 48.7 Å². The molecule has 0 N–H and O–H groups in total. The number of aromatic nitrogens is 2. The zero-order chi connectivity index (χ0) is 19.7. The van der Waals surface area contributed by atoms with Gasteiger partial charge in [-0.25, -0.2) is 9.37 Å². The van der Waals surface area contributed by atoms with Crippen molar-refractivity contribution in [2.24, 2.45) is 5.92 Å². The van der Waals surface area contributed by atoms with Crippen LogP contribution in [0.25, 0.3) is 5.65 Å². The summed E-state index contributed by atoms with van der Waals surface area (Å²) in [4.78, 5) is 19.6. The largest absolute Gasteiger partial charge is 0.343 e. The van der Waals surface area contributed by atoms with E-state index in [0.717, 1.165) is 48.5 Å². The number of piperidine rings is 1. The van der Waals surface area contributed by atoms with E-state index in [-0.39, 0.29) is 17.6 Å². The molecule has 1 atom stereocenters. The number of fused-ring (bicyclic) bond motifs is 1. The summed E-state index contributed by atoms with van der Waals surface area (Å²) in [5.74, 6) is 0.278. The highest BCUT2D eigenvalue weighted by Gasteiger charge is 2.27. The number of carbonyl (C=O) groups is 1. The van der Waals surface area contributed by atoms with E-state index >= 15 is 0 Å². The number of aryl methyl sites for hydroxylation is 1. The Kier molecular flexibility index (Phi) is 5.16. The van der Waals surface area contributed by atoms with Crippen molar-refractivity contribution in [3.8, 4) is 0 Å². The maximum Gasteiger partial charge on any atom is 0.223 e. The lowest BCUT2D eigenvalue weighted by atomic mass is 9.91. The van der Waals surface area contributed by atoms with Crippen LogP contribution in [0.3, 0.4) is 0 Å². The summed E-state index contributed by atoms with van der Waals surface area (Å²) in [6, 6.07) is 12.5. The van der Waals surface area contributed by atoms with Gasteiger partial charge in [-0.15, -0.1) is 0 Å². The topological polar surface area (TPSA) is 37.6 Å². The number of pyridine rings is 1. The number of hydrogen-bond acceptors (Lipinski definition) is 2. The van der Waals surface area contributed by atoms with E-state index < -0.39 is 0 Å². The van der Waals surface area contributed by atoms with Crippen LogP contribution in [0.1, 0.15) is 49.1 Å². The Morgan fingerprint density at radius 2 is 1.96 bits per heavy atom. The molecule has 0 saturated carbocycles. The van der Waals surface area contributed by atoms with Crippen LogP contribution in [0.5, 0.6) is 0 Å². The number of nitrogens with zero attached hydrogens (tertiary/aromatic N) is 3. The summed E-state index contributed by atoms with van der Waals surface area (Å²) in [5, 5.41) is 0. The Morgan fingerprint density at radius 1 is 1.21 bits per heavy atom. The van der Waals surface area contributed by atoms with Crippen LogP contribution in [0.2, 0.25) is 0 Å². The first-order valence-corrected chi connectivity index (χ1v) is 9.99. The number of benzene rings is 1. The first-order chi connectivity index (χ1) is 13.5. The second kappa shape index (κ2) is 7.74. The van der Waals surface area contributed by atoms with Crippen LogP contribution in [0, 0.1) is 18.7 Å². The molecule has 1 aromatic carbocycles. The van der Waals surface area contributed by atoms with E-state index in [1.807, 2.05) is 42.3 Å². The van der Waals surface area contributed by atoms with Gasteiger partial charge in [0.15, 0.2) is 0 Å². The van der Waals surface area contributed by atoms with E-state index in [0.29, 0.717) is 12.3 Å². The van der Waals surface area contributed by atoms with Gasteiger partial charge >= 0.3 is 0 Å². The molecule has 4 rings (SSSR count). The molecule has 1 fully saturated rings. The quantitative estimate of drug-likeness (QED) is 0.666. The minimum Gasteiger partial charge on any atom is -0.343 e. The molecule has 0 radical (unpaired) electrons. The Bertz CT molecular complexity index is 988. The van der Waals surface area contributed by atoms with Crippen LogP contribution in [-0.2, 0) is 4.79 Å². The number of likely N-dealkylation sites (tertiary alicyclic amines) is 1. The predicted molar refractivity (Wildman–Crippen MR) is 108 cm³/mol. The lowest BCUT2D eigenvalue weighted by Crippen LogP contribution is -2.38.